The zero-order valence-corrected chi connectivity index (χ0v) is 12.5. The highest BCUT2D eigenvalue weighted by Gasteiger charge is 2.02. The smallest absolute Gasteiger partial charge is 0.213 e. The number of methoxy groups -OCH3 is 1. The van der Waals surface area contributed by atoms with E-state index in [1.165, 1.54) is 0 Å². The third-order valence-electron chi connectivity index (χ3n) is 3.05. The predicted octanol–water partition coefficient (Wildman–Crippen LogP) is 0.689. The molecule has 2 aromatic rings. The maximum atomic E-state index is 5.10. The van der Waals surface area contributed by atoms with Crippen LogP contribution in [0, 0.1) is 0 Å². The van der Waals surface area contributed by atoms with Crippen molar-refractivity contribution in [1.82, 2.24) is 25.4 Å². The van der Waals surface area contributed by atoms with Gasteiger partial charge in [-0.1, -0.05) is 0 Å². The summed E-state index contributed by atoms with van der Waals surface area (Å²) in [5.74, 6) is 1.33. The summed E-state index contributed by atoms with van der Waals surface area (Å²) in [5, 5.41) is 10.6. The van der Waals surface area contributed by atoms with Gasteiger partial charge in [0.25, 0.3) is 0 Å². The van der Waals surface area contributed by atoms with Crippen LogP contribution < -0.4 is 15.4 Å². The van der Waals surface area contributed by atoms with Gasteiger partial charge in [-0.25, -0.2) is 4.98 Å². The van der Waals surface area contributed by atoms with Crippen LogP contribution in [-0.4, -0.2) is 34.9 Å². The lowest BCUT2D eigenvalue weighted by Crippen LogP contribution is -2.36. The Morgan fingerprint density at radius 2 is 2.10 bits per heavy atom. The first kappa shape index (κ1) is 14.8. The van der Waals surface area contributed by atoms with Gasteiger partial charge in [0.2, 0.25) is 5.88 Å². The third kappa shape index (κ3) is 4.20. The lowest BCUT2D eigenvalue weighted by Gasteiger charge is -2.12. The molecule has 0 aliphatic carbocycles. The number of nitrogens with zero attached hydrogens (tertiary/aromatic N) is 4. The van der Waals surface area contributed by atoms with Crippen molar-refractivity contribution in [2.45, 2.75) is 13.1 Å². The zero-order valence-electron chi connectivity index (χ0n) is 12.5. The molecule has 7 nitrogen and oxygen atoms in total. The van der Waals surface area contributed by atoms with Crippen molar-refractivity contribution in [2.24, 2.45) is 12.0 Å². The first-order valence-electron chi connectivity index (χ1n) is 6.63. The molecule has 0 saturated heterocycles. The molecule has 0 radical (unpaired) electrons. The average Bonchev–Trinajstić information content (AvgIpc) is 2.93. The molecule has 0 atom stereocenters. The van der Waals surface area contributed by atoms with Crippen molar-refractivity contribution in [3.63, 3.8) is 0 Å². The van der Waals surface area contributed by atoms with Crippen molar-refractivity contribution in [3.8, 4) is 5.88 Å². The number of pyridine rings is 1. The van der Waals surface area contributed by atoms with Gasteiger partial charge in [-0.3, -0.25) is 9.67 Å². The van der Waals surface area contributed by atoms with Gasteiger partial charge in [0.05, 0.1) is 19.3 Å². The molecule has 0 bridgehead atoms. The van der Waals surface area contributed by atoms with Crippen molar-refractivity contribution in [3.05, 3.63) is 41.9 Å². The summed E-state index contributed by atoms with van der Waals surface area (Å²) in [6.45, 7) is 1.31. The standard InChI is InChI=1S/C14H20N6O/c1-15-14(18-10-12-5-7-19-20(12)2)17-9-11-4-6-16-13(8-11)21-3/h4-8H,9-10H2,1-3H3,(H2,15,17,18). The SMILES string of the molecule is CN=C(NCc1ccnc(OC)c1)NCc1ccnn1C. The maximum Gasteiger partial charge on any atom is 0.213 e. The average molecular weight is 288 g/mol. The van der Waals surface area contributed by atoms with Gasteiger partial charge in [0.15, 0.2) is 5.96 Å². The van der Waals surface area contributed by atoms with Gasteiger partial charge < -0.3 is 15.4 Å². The Kier molecular flexibility index (Phi) is 5.14. The number of guanidine groups is 1. The first-order chi connectivity index (χ1) is 10.2. The summed E-state index contributed by atoms with van der Waals surface area (Å²) < 4.78 is 6.93. The number of rotatable bonds is 5. The fraction of sp³-hybridized carbons (Fsp3) is 0.357. The molecule has 0 spiro atoms. The number of ether oxygens (including phenoxy) is 1. The molecule has 0 amide bonds. The van der Waals surface area contributed by atoms with Gasteiger partial charge in [-0.2, -0.15) is 5.10 Å². The van der Waals surface area contributed by atoms with Crippen LogP contribution in [0.3, 0.4) is 0 Å². The quantitative estimate of drug-likeness (QED) is 0.625. The van der Waals surface area contributed by atoms with E-state index in [4.69, 9.17) is 4.74 Å². The second-order valence-corrected chi connectivity index (χ2v) is 4.43. The molecule has 2 aromatic heterocycles. The monoisotopic (exact) mass is 288 g/mol. The highest BCUT2D eigenvalue weighted by atomic mass is 16.5. The summed E-state index contributed by atoms with van der Waals surface area (Å²) in [4.78, 5) is 8.27. The third-order valence-corrected chi connectivity index (χ3v) is 3.05. The minimum atomic E-state index is 0.604. The molecule has 0 fully saturated rings. The van der Waals surface area contributed by atoms with Crippen LogP contribution in [0.5, 0.6) is 5.88 Å². The maximum absolute atomic E-state index is 5.10. The summed E-state index contributed by atoms with van der Waals surface area (Å²) in [6, 6.07) is 5.79. The van der Waals surface area contributed by atoms with Crippen LogP contribution in [0.2, 0.25) is 0 Å². The lowest BCUT2D eigenvalue weighted by molar-refractivity contribution is 0.397. The molecule has 2 rings (SSSR count). The van der Waals surface area contributed by atoms with Crippen LogP contribution in [0.1, 0.15) is 11.3 Å². The minimum Gasteiger partial charge on any atom is -0.481 e. The largest absolute Gasteiger partial charge is 0.481 e. The Hall–Kier alpha value is -2.57. The van der Waals surface area contributed by atoms with Crippen LogP contribution in [-0.2, 0) is 20.1 Å². The molecular weight excluding hydrogens is 268 g/mol. The van der Waals surface area contributed by atoms with Crippen molar-refractivity contribution < 1.29 is 4.74 Å². The Labute approximate surface area is 124 Å². The Balaban J connectivity index is 1.86. The first-order valence-corrected chi connectivity index (χ1v) is 6.63. The molecule has 0 aromatic carbocycles. The normalized spacial score (nSPS) is 11.3. The Morgan fingerprint density at radius 3 is 2.76 bits per heavy atom. The highest BCUT2D eigenvalue weighted by molar-refractivity contribution is 5.79. The van der Waals surface area contributed by atoms with Gasteiger partial charge in [-0.15, -0.1) is 0 Å². The van der Waals surface area contributed by atoms with Crippen LogP contribution >= 0.6 is 0 Å². The van der Waals surface area contributed by atoms with E-state index < -0.39 is 0 Å². The predicted molar refractivity (Wildman–Crippen MR) is 81.0 cm³/mol. The molecule has 7 heteroatoms. The van der Waals surface area contributed by atoms with Crippen LogP contribution in [0.25, 0.3) is 0 Å². The highest BCUT2D eigenvalue weighted by Crippen LogP contribution is 2.07. The molecule has 2 heterocycles. The van der Waals surface area contributed by atoms with Gasteiger partial charge in [0, 0.05) is 39.1 Å². The van der Waals surface area contributed by atoms with E-state index in [0.29, 0.717) is 19.0 Å². The van der Waals surface area contributed by atoms with Gasteiger partial charge in [0.1, 0.15) is 0 Å². The number of nitrogens with one attached hydrogen (secondary N) is 2. The molecular formula is C14H20N6O. The summed E-state index contributed by atoms with van der Waals surface area (Å²) in [6.07, 6.45) is 3.50. The van der Waals surface area contributed by atoms with E-state index in [-0.39, 0.29) is 0 Å². The minimum absolute atomic E-state index is 0.604. The molecule has 21 heavy (non-hydrogen) atoms. The van der Waals surface area contributed by atoms with Crippen molar-refractivity contribution >= 4 is 5.96 Å². The van der Waals surface area contributed by atoms with Crippen molar-refractivity contribution in [1.29, 1.82) is 0 Å². The summed E-state index contributed by atoms with van der Waals surface area (Å²) in [7, 11) is 5.26. The van der Waals surface area contributed by atoms with Crippen LogP contribution in [0.4, 0.5) is 0 Å². The van der Waals surface area contributed by atoms with E-state index in [9.17, 15) is 0 Å². The molecule has 112 valence electrons. The summed E-state index contributed by atoms with van der Waals surface area (Å²) >= 11 is 0. The zero-order chi connectivity index (χ0) is 15.1. The van der Waals surface area contributed by atoms with E-state index in [1.807, 2.05) is 29.9 Å². The van der Waals surface area contributed by atoms with Crippen LogP contribution in [0.15, 0.2) is 35.6 Å². The van der Waals surface area contributed by atoms with Gasteiger partial charge >= 0.3 is 0 Å². The fourth-order valence-electron chi connectivity index (χ4n) is 1.83. The Bertz CT molecular complexity index is 607. The summed E-state index contributed by atoms with van der Waals surface area (Å²) in [5.41, 5.74) is 2.16. The number of hydrogen-bond donors (Lipinski definition) is 2. The van der Waals surface area contributed by atoms with Crippen molar-refractivity contribution in [2.75, 3.05) is 14.2 Å². The molecule has 0 unspecified atom stereocenters. The molecule has 0 aliphatic heterocycles. The molecule has 0 saturated carbocycles. The fourth-order valence-corrected chi connectivity index (χ4v) is 1.83. The second kappa shape index (κ2) is 7.28. The number of aryl methyl sites for hydroxylation is 1. The second-order valence-electron chi connectivity index (χ2n) is 4.43. The van der Waals surface area contributed by atoms with Gasteiger partial charge in [-0.05, 0) is 17.7 Å². The molecule has 0 aliphatic rings. The lowest BCUT2D eigenvalue weighted by atomic mass is 10.2. The van der Waals surface area contributed by atoms with E-state index in [1.54, 1.807) is 26.6 Å². The number of aromatic nitrogens is 3. The van der Waals surface area contributed by atoms with E-state index in [2.05, 4.69) is 25.7 Å². The molecule has 2 N–H and O–H groups in total. The van der Waals surface area contributed by atoms with E-state index >= 15 is 0 Å². The number of aliphatic imine (C=N–C) groups is 1. The topological polar surface area (TPSA) is 76.4 Å². The van der Waals surface area contributed by atoms with E-state index in [0.717, 1.165) is 17.2 Å². The Morgan fingerprint density at radius 1 is 1.29 bits per heavy atom. The number of hydrogen-bond acceptors (Lipinski definition) is 4.